The van der Waals surface area contributed by atoms with Crippen molar-refractivity contribution in [3.63, 3.8) is 0 Å². The van der Waals surface area contributed by atoms with Gasteiger partial charge in [0.05, 0.1) is 0 Å². The summed E-state index contributed by atoms with van der Waals surface area (Å²) < 4.78 is 10.2. The molecule has 0 aliphatic rings. The van der Waals surface area contributed by atoms with Crippen LogP contribution in [0.4, 0.5) is 11.5 Å². The van der Waals surface area contributed by atoms with Gasteiger partial charge in [0.1, 0.15) is 12.3 Å². The van der Waals surface area contributed by atoms with Crippen LogP contribution in [0.15, 0.2) is 0 Å². The van der Waals surface area contributed by atoms with E-state index in [2.05, 4.69) is 15.3 Å². The van der Waals surface area contributed by atoms with E-state index in [1.807, 2.05) is 6.92 Å². The largest absolute Gasteiger partial charge is 0.393 e. The van der Waals surface area contributed by atoms with Gasteiger partial charge in [0.2, 0.25) is 0 Å². The molecule has 0 bridgehead atoms. The average Bonchev–Trinajstić information content (AvgIpc) is 2.35. The third-order valence-electron chi connectivity index (χ3n) is 2.18. The molecule has 0 aliphatic heterocycles. The molecule has 0 atom stereocenters. The second kappa shape index (κ2) is 8.07. The quantitative estimate of drug-likeness (QED) is 0.555. The van der Waals surface area contributed by atoms with Crippen molar-refractivity contribution in [2.45, 2.75) is 20.0 Å². The van der Waals surface area contributed by atoms with Crippen molar-refractivity contribution < 1.29 is 9.47 Å². The van der Waals surface area contributed by atoms with Crippen LogP contribution in [-0.2, 0) is 16.1 Å². The maximum atomic E-state index is 5.92. The Morgan fingerprint density at radius 3 is 2.83 bits per heavy atom. The highest BCUT2D eigenvalue weighted by atomic mass is 35.5. The molecule has 7 heteroatoms. The molecule has 0 amide bonds. The lowest BCUT2D eigenvalue weighted by Gasteiger charge is -2.10. The summed E-state index contributed by atoms with van der Waals surface area (Å²) in [6.07, 6.45) is 0.870. The number of aromatic nitrogens is 2. The number of nitrogens with zero attached hydrogens (tertiary/aromatic N) is 2. The zero-order valence-corrected chi connectivity index (χ0v) is 11.5. The fraction of sp³-hybridized carbons (Fsp3) is 0.636. The molecule has 0 saturated carbocycles. The van der Waals surface area contributed by atoms with Crippen LogP contribution in [0.3, 0.4) is 0 Å². The van der Waals surface area contributed by atoms with Gasteiger partial charge in [-0.05, 0) is 13.3 Å². The predicted octanol–water partition coefficient (Wildman–Crippen LogP) is 1.70. The zero-order chi connectivity index (χ0) is 13.4. The predicted molar refractivity (Wildman–Crippen MR) is 71.8 cm³/mol. The lowest BCUT2D eigenvalue weighted by molar-refractivity contribution is 0.147. The van der Waals surface area contributed by atoms with Crippen molar-refractivity contribution in [1.29, 1.82) is 0 Å². The van der Waals surface area contributed by atoms with Crippen molar-refractivity contribution in [2.24, 2.45) is 0 Å². The number of anilines is 2. The van der Waals surface area contributed by atoms with Gasteiger partial charge in [-0.2, -0.15) is 0 Å². The van der Waals surface area contributed by atoms with Crippen LogP contribution < -0.4 is 11.1 Å². The lowest BCUT2D eigenvalue weighted by atomic mass is 10.4. The zero-order valence-electron chi connectivity index (χ0n) is 10.7. The average molecular weight is 275 g/mol. The summed E-state index contributed by atoms with van der Waals surface area (Å²) in [6.45, 7) is 4.40. The fourth-order valence-electron chi connectivity index (χ4n) is 1.34. The molecule has 102 valence electrons. The number of nitrogens with two attached hydrogens (primary N) is 1. The Morgan fingerprint density at radius 1 is 1.39 bits per heavy atom. The number of hydrogen-bond acceptors (Lipinski definition) is 6. The molecule has 1 aromatic rings. The van der Waals surface area contributed by atoms with Gasteiger partial charge < -0.3 is 20.5 Å². The summed E-state index contributed by atoms with van der Waals surface area (Å²) in [5, 5.41) is 3.36. The molecular weight excluding hydrogens is 256 g/mol. The molecule has 6 nitrogen and oxygen atoms in total. The number of hydrogen-bond donors (Lipinski definition) is 2. The first kappa shape index (κ1) is 14.9. The Bertz CT molecular complexity index is 376. The van der Waals surface area contributed by atoms with E-state index in [0.717, 1.165) is 13.0 Å². The van der Waals surface area contributed by atoms with Crippen molar-refractivity contribution in [3.8, 4) is 0 Å². The Morgan fingerprint density at radius 2 is 2.17 bits per heavy atom. The van der Waals surface area contributed by atoms with Crippen LogP contribution in [0.5, 0.6) is 0 Å². The van der Waals surface area contributed by atoms with E-state index >= 15 is 0 Å². The van der Waals surface area contributed by atoms with Crippen LogP contribution >= 0.6 is 11.6 Å². The first-order valence-corrected chi connectivity index (χ1v) is 6.19. The number of nitrogens with one attached hydrogen (secondary N) is 1. The summed E-state index contributed by atoms with van der Waals surface area (Å²) in [4.78, 5) is 8.26. The van der Waals surface area contributed by atoms with Crippen LogP contribution in [0.2, 0.25) is 5.15 Å². The third-order valence-corrected chi connectivity index (χ3v) is 2.47. The Hall–Kier alpha value is -1.11. The summed E-state index contributed by atoms with van der Waals surface area (Å²) in [5.41, 5.74) is 6.15. The molecule has 0 radical (unpaired) electrons. The molecule has 3 N–H and O–H groups in total. The Labute approximate surface area is 112 Å². The minimum Gasteiger partial charge on any atom is -0.393 e. The van der Waals surface area contributed by atoms with Crippen molar-refractivity contribution in [3.05, 3.63) is 11.0 Å². The topological polar surface area (TPSA) is 82.3 Å². The van der Waals surface area contributed by atoms with E-state index in [-0.39, 0.29) is 5.15 Å². The highest BCUT2D eigenvalue weighted by molar-refractivity contribution is 6.32. The van der Waals surface area contributed by atoms with E-state index in [1.54, 1.807) is 7.11 Å². The molecule has 1 heterocycles. The summed E-state index contributed by atoms with van der Waals surface area (Å²) in [7, 11) is 1.57. The van der Waals surface area contributed by atoms with Gasteiger partial charge in [-0.3, -0.25) is 0 Å². The summed E-state index contributed by atoms with van der Waals surface area (Å²) in [6, 6.07) is 0. The van der Waals surface area contributed by atoms with Crippen LogP contribution in [0.25, 0.3) is 0 Å². The number of ether oxygens (including phenoxy) is 2. The molecule has 0 aliphatic carbocycles. The molecule has 0 unspecified atom stereocenters. The minimum atomic E-state index is 0.240. The smallest absolute Gasteiger partial charge is 0.158 e. The van der Waals surface area contributed by atoms with E-state index in [9.17, 15) is 0 Å². The maximum Gasteiger partial charge on any atom is 0.158 e. The number of rotatable bonds is 8. The van der Waals surface area contributed by atoms with Crippen molar-refractivity contribution in [2.75, 3.05) is 37.9 Å². The van der Waals surface area contributed by atoms with Crippen LogP contribution in [-0.4, -0.2) is 36.8 Å². The number of nitrogen functional groups attached to an aromatic ring is 1. The van der Waals surface area contributed by atoms with Gasteiger partial charge in [-0.25, -0.2) is 9.97 Å². The third kappa shape index (κ3) is 4.64. The van der Waals surface area contributed by atoms with Gasteiger partial charge >= 0.3 is 0 Å². The summed E-state index contributed by atoms with van der Waals surface area (Å²) in [5.74, 6) is 1.04. The molecule has 0 fully saturated rings. The van der Waals surface area contributed by atoms with Gasteiger partial charge in [-0.1, -0.05) is 11.6 Å². The fourth-order valence-corrected chi connectivity index (χ4v) is 1.53. The lowest BCUT2D eigenvalue weighted by Crippen LogP contribution is -2.11. The van der Waals surface area contributed by atoms with Gasteiger partial charge in [0, 0.05) is 26.9 Å². The molecule has 1 aromatic heterocycles. The minimum absolute atomic E-state index is 0.240. The molecule has 18 heavy (non-hydrogen) atoms. The first-order chi connectivity index (χ1) is 8.69. The molecule has 0 saturated heterocycles. The summed E-state index contributed by atoms with van der Waals surface area (Å²) >= 11 is 5.92. The van der Waals surface area contributed by atoms with E-state index in [1.165, 1.54) is 0 Å². The number of halogens is 1. The SMILES string of the molecule is CCOCCCNc1nc(COC)nc(Cl)c1N. The highest BCUT2D eigenvalue weighted by Gasteiger charge is 2.09. The van der Waals surface area contributed by atoms with E-state index in [0.29, 0.717) is 37.1 Å². The van der Waals surface area contributed by atoms with Crippen molar-refractivity contribution in [1.82, 2.24) is 9.97 Å². The van der Waals surface area contributed by atoms with Crippen LogP contribution in [0, 0.1) is 0 Å². The second-order valence-corrected chi connectivity index (χ2v) is 3.96. The van der Waals surface area contributed by atoms with E-state index in [4.69, 9.17) is 26.8 Å². The van der Waals surface area contributed by atoms with Crippen molar-refractivity contribution >= 4 is 23.1 Å². The van der Waals surface area contributed by atoms with Gasteiger partial charge in [-0.15, -0.1) is 0 Å². The van der Waals surface area contributed by atoms with Gasteiger partial charge in [0.15, 0.2) is 16.8 Å². The Kier molecular flexibility index (Phi) is 6.70. The highest BCUT2D eigenvalue weighted by Crippen LogP contribution is 2.23. The molecule has 0 spiro atoms. The van der Waals surface area contributed by atoms with E-state index < -0.39 is 0 Å². The number of methoxy groups -OCH3 is 1. The first-order valence-electron chi connectivity index (χ1n) is 5.81. The molecule has 1 rings (SSSR count). The Balaban J connectivity index is 2.57. The molecule has 0 aromatic carbocycles. The molecular formula is C11H19ClN4O2. The second-order valence-electron chi connectivity index (χ2n) is 3.60. The monoisotopic (exact) mass is 274 g/mol. The van der Waals surface area contributed by atoms with Gasteiger partial charge in [0.25, 0.3) is 0 Å². The maximum absolute atomic E-state index is 5.92. The van der Waals surface area contributed by atoms with Crippen LogP contribution in [0.1, 0.15) is 19.2 Å². The normalized spacial score (nSPS) is 10.6. The standard InChI is InChI=1S/C11H19ClN4O2/c1-3-18-6-4-5-14-11-9(13)10(12)15-8(16-11)7-17-2/h3-7,13H2,1-2H3,(H,14,15,16).